The molecule has 2 amide bonds. The third kappa shape index (κ3) is 5.07. The normalized spacial score (nSPS) is 10.7. The average Bonchev–Trinajstić information content (AvgIpc) is 3.27. The van der Waals surface area contributed by atoms with Gasteiger partial charge in [0.25, 0.3) is 5.56 Å². The van der Waals surface area contributed by atoms with Crippen LogP contribution in [0.4, 0.5) is 11.4 Å². The molecule has 2 N–H and O–H groups in total. The van der Waals surface area contributed by atoms with Crippen molar-refractivity contribution in [2.75, 3.05) is 23.5 Å². The Hall–Kier alpha value is -3.63. The first kappa shape index (κ1) is 22.6. The second-order valence-electron chi connectivity index (χ2n) is 6.94. The standard InChI is InChI=1S/C23H20N4O4S2/c1-14(28)24-15-6-5-7-16(12-15)25-20(29)13-33-23-26-17-10-11-32-21(17)22(30)27(23)18-8-3-4-9-19(18)31-2/h3-12H,13H2,1-2H3,(H,24,28)(H,25,29). The highest BCUT2D eigenvalue weighted by Crippen LogP contribution is 2.28. The fraction of sp³-hybridized carbons (Fsp3) is 0.130. The number of carbonyl (C=O) groups excluding carboxylic acids is 2. The maximum atomic E-state index is 13.3. The van der Waals surface area contributed by atoms with E-state index in [1.807, 2.05) is 17.5 Å². The number of ether oxygens (including phenoxy) is 1. The van der Waals surface area contributed by atoms with E-state index in [0.29, 0.717) is 38.2 Å². The molecule has 0 aliphatic rings. The van der Waals surface area contributed by atoms with Gasteiger partial charge in [-0.1, -0.05) is 30.0 Å². The molecule has 10 heteroatoms. The number of anilines is 2. The fourth-order valence-corrected chi connectivity index (χ4v) is 4.79. The molecule has 4 aromatic rings. The third-order valence-corrected chi connectivity index (χ3v) is 6.40. The number of carbonyl (C=O) groups is 2. The topological polar surface area (TPSA) is 102 Å². The lowest BCUT2D eigenvalue weighted by Gasteiger charge is -2.15. The highest BCUT2D eigenvalue weighted by Gasteiger charge is 2.18. The third-order valence-electron chi connectivity index (χ3n) is 4.57. The molecule has 33 heavy (non-hydrogen) atoms. The monoisotopic (exact) mass is 480 g/mol. The lowest BCUT2D eigenvalue weighted by atomic mass is 10.2. The molecule has 0 bridgehead atoms. The maximum absolute atomic E-state index is 13.3. The van der Waals surface area contributed by atoms with Crippen LogP contribution >= 0.6 is 23.1 Å². The van der Waals surface area contributed by atoms with Crippen LogP contribution in [-0.4, -0.2) is 34.2 Å². The van der Waals surface area contributed by atoms with Crippen LogP contribution in [0.1, 0.15) is 6.92 Å². The SMILES string of the molecule is COc1ccccc1-n1c(SCC(=O)Nc2cccc(NC(C)=O)c2)nc2ccsc2c1=O. The Morgan fingerprint density at radius 3 is 2.61 bits per heavy atom. The number of aromatic nitrogens is 2. The summed E-state index contributed by atoms with van der Waals surface area (Å²) in [5.41, 5.74) is 2.06. The van der Waals surface area contributed by atoms with Gasteiger partial charge in [0.1, 0.15) is 10.4 Å². The molecular formula is C23H20N4O4S2. The molecule has 0 saturated heterocycles. The van der Waals surface area contributed by atoms with E-state index < -0.39 is 0 Å². The lowest BCUT2D eigenvalue weighted by molar-refractivity contribution is -0.114. The van der Waals surface area contributed by atoms with Gasteiger partial charge in [0.2, 0.25) is 11.8 Å². The van der Waals surface area contributed by atoms with Gasteiger partial charge in [0, 0.05) is 18.3 Å². The molecule has 0 spiro atoms. The fourth-order valence-electron chi connectivity index (χ4n) is 3.22. The van der Waals surface area contributed by atoms with Gasteiger partial charge in [-0.2, -0.15) is 0 Å². The first-order valence-corrected chi connectivity index (χ1v) is 11.8. The van der Waals surface area contributed by atoms with Crippen molar-refractivity contribution in [2.45, 2.75) is 12.1 Å². The minimum Gasteiger partial charge on any atom is -0.495 e. The summed E-state index contributed by atoms with van der Waals surface area (Å²) in [4.78, 5) is 41.8. The van der Waals surface area contributed by atoms with Crippen molar-refractivity contribution in [1.29, 1.82) is 0 Å². The van der Waals surface area contributed by atoms with E-state index in [9.17, 15) is 14.4 Å². The summed E-state index contributed by atoms with van der Waals surface area (Å²) in [5.74, 6) is 0.0876. The van der Waals surface area contributed by atoms with Gasteiger partial charge in [-0.3, -0.25) is 19.0 Å². The Kier molecular flexibility index (Phi) is 6.76. The molecule has 2 heterocycles. The van der Waals surface area contributed by atoms with Crippen LogP contribution in [0.2, 0.25) is 0 Å². The van der Waals surface area contributed by atoms with E-state index in [2.05, 4.69) is 15.6 Å². The molecule has 168 valence electrons. The van der Waals surface area contributed by atoms with Crippen LogP contribution in [0, 0.1) is 0 Å². The van der Waals surface area contributed by atoms with Crippen LogP contribution in [0.25, 0.3) is 15.9 Å². The van der Waals surface area contributed by atoms with Crippen molar-refractivity contribution in [2.24, 2.45) is 0 Å². The van der Waals surface area contributed by atoms with Crippen molar-refractivity contribution in [1.82, 2.24) is 9.55 Å². The summed E-state index contributed by atoms with van der Waals surface area (Å²) in [6.07, 6.45) is 0. The summed E-state index contributed by atoms with van der Waals surface area (Å²) in [5, 5.41) is 7.69. The quantitative estimate of drug-likeness (QED) is 0.304. The van der Waals surface area contributed by atoms with Gasteiger partial charge in [-0.05, 0) is 41.8 Å². The van der Waals surface area contributed by atoms with E-state index in [4.69, 9.17) is 4.74 Å². The van der Waals surface area contributed by atoms with E-state index in [1.54, 1.807) is 42.5 Å². The largest absolute Gasteiger partial charge is 0.495 e. The molecule has 0 unspecified atom stereocenters. The van der Waals surface area contributed by atoms with E-state index in [0.717, 1.165) is 11.8 Å². The van der Waals surface area contributed by atoms with Gasteiger partial charge in [-0.25, -0.2) is 4.98 Å². The van der Waals surface area contributed by atoms with Crippen LogP contribution in [0.5, 0.6) is 5.75 Å². The van der Waals surface area contributed by atoms with Crippen molar-refractivity contribution in [3.63, 3.8) is 0 Å². The first-order chi connectivity index (χ1) is 16.0. The molecule has 8 nitrogen and oxygen atoms in total. The molecule has 2 aromatic heterocycles. The summed E-state index contributed by atoms with van der Waals surface area (Å²) < 4.78 is 7.46. The van der Waals surface area contributed by atoms with Crippen LogP contribution < -0.4 is 20.9 Å². The van der Waals surface area contributed by atoms with Gasteiger partial charge in [-0.15, -0.1) is 11.3 Å². The van der Waals surface area contributed by atoms with Gasteiger partial charge in [0.15, 0.2) is 5.16 Å². The minimum absolute atomic E-state index is 0.0294. The number of hydrogen-bond acceptors (Lipinski definition) is 7. The maximum Gasteiger partial charge on any atom is 0.276 e. The highest BCUT2D eigenvalue weighted by molar-refractivity contribution is 7.99. The first-order valence-electron chi connectivity index (χ1n) is 9.90. The smallest absolute Gasteiger partial charge is 0.276 e. The zero-order valence-electron chi connectivity index (χ0n) is 17.8. The summed E-state index contributed by atoms with van der Waals surface area (Å²) in [6.45, 7) is 1.42. The highest BCUT2D eigenvalue weighted by atomic mass is 32.2. The predicted octanol–water partition coefficient (Wildman–Crippen LogP) is 4.15. The Morgan fingerprint density at radius 2 is 1.85 bits per heavy atom. The minimum atomic E-state index is -0.272. The molecule has 0 fully saturated rings. The summed E-state index contributed by atoms with van der Waals surface area (Å²) >= 11 is 2.48. The van der Waals surface area contributed by atoms with Gasteiger partial charge in [0.05, 0.1) is 24.1 Å². The Labute approximate surface area is 197 Å². The van der Waals surface area contributed by atoms with Crippen LogP contribution in [0.3, 0.4) is 0 Å². The number of nitrogens with one attached hydrogen (secondary N) is 2. The number of rotatable bonds is 7. The summed E-state index contributed by atoms with van der Waals surface area (Å²) in [6, 6.07) is 15.8. The van der Waals surface area contributed by atoms with Crippen molar-refractivity contribution in [3.05, 3.63) is 70.3 Å². The number of thiophene rings is 1. The molecule has 0 aliphatic carbocycles. The number of amides is 2. The van der Waals surface area contributed by atoms with E-state index in [1.165, 1.54) is 29.9 Å². The number of hydrogen-bond donors (Lipinski definition) is 2. The Bertz CT molecular complexity index is 1400. The number of para-hydroxylation sites is 2. The van der Waals surface area contributed by atoms with Gasteiger partial charge >= 0.3 is 0 Å². The number of methoxy groups -OCH3 is 1. The molecule has 0 aliphatic heterocycles. The Morgan fingerprint density at radius 1 is 1.09 bits per heavy atom. The molecule has 0 atom stereocenters. The second-order valence-corrected chi connectivity index (χ2v) is 8.80. The number of nitrogens with zero attached hydrogens (tertiary/aromatic N) is 2. The summed E-state index contributed by atoms with van der Waals surface area (Å²) in [7, 11) is 1.54. The van der Waals surface area contributed by atoms with Crippen LogP contribution in [-0.2, 0) is 9.59 Å². The molecule has 2 aromatic carbocycles. The molecular weight excluding hydrogens is 460 g/mol. The predicted molar refractivity (Wildman–Crippen MR) is 132 cm³/mol. The second kappa shape index (κ2) is 9.88. The number of fused-ring (bicyclic) bond motifs is 1. The molecule has 4 rings (SSSR count). The van der Waals surface area contributed by atoms with Crippen LogP contribution in [0.15, 0.2) is 69.9 Å². The lowest BCUT2D eigenvalue weighted by Crippen LogP contribution is -2.22. The Balaban J connectivity index is 1.61. The van der Waals surface area contributed by atoms with E-state index in [-0.39, 0.29) is 23.1 Å². The average molecular weight is 481 g/mol. The van der Waals surface area contributed by atoms with Crippen molar-refractivity contribution >= 4 is 56.5 Å². The molecule has 0 saturated carbocycles. The van der Waals surface area contributed by atoms with Gasteiger partial charge < -0.3 is 15.4 Å². The zero-order valence-corrected chi connectivity index (χ0v) is 19.5. The number of thioether (sulfide) groups is 1. The number of benzene rings is 2. The molecule has 0 radical (unpaired) electrons. The van der Waals surface area contributed by atoms with Crippen molar-refractivity contribution < 1.29 is 14.3 Å². The van der Waals surface area contributed by atoms with Crippen molar-refractivity contribution in [3.8, 4) is 11.4 Å². The van der Waals surface area contributed by atoms with E-state index >= 15 is 0 Å². The zero-order chi connectivity index (χ0) is 23.4.